The van der Waals surface area contributed by atoms with Gasteiger partial charge in [0, 0.05) is 72.4 Å². The molecule has 356 valence electrons. The normalized spacial score (nSPS) is 19.4. The zero-order valence-corrected chi connectivity index (χ0v) is 40.5. The average molecular weight is 949 g/mol. The Hall–Kier alpha value is -5.33. The Kier molecular flexibility index (Phi) is 14.5. The number of nitrogens with one attached hydrogen (secondary N) is 1. The number of anilines is 1. The highest BCUT2D eigenvalue weighted by Gasteiger charge is 2.45. The van der Waals surface area contributed by atoms with Gasteiger partial charge in [-0.05, 0) is 119 Å². The number of phenolic OH excluding ortho intramolecular Hbond substituents is 1. The number of fused-ring (bicyclic) bond motifs is 3. The molecule has 6 rings (SSSR count). The molecule has 0 saturated carbocycles. The third-order valence-electron chi connectivity index (χ3n) is 13.3. The van der Waals surface area contributed by atoms with Crippen LogP contribution >= 0.6 is 0 Å². The van der Waals surface area contributed by atoms with Crippen LogP contribution < -0.4 is 15.0 Å². The van der Waals surface area contributed by atoms with Crippen molar-refractivity contribution in [2.75, 3.05) is 37.7 Å². The summed E-state index contributed by atoms with van der Waals surface area (Å²) in [4.78, 5) is 26.2. The number of carboxylic acids is 1. The van der Waals surface area contributed by atoms with Crippen LogP contribution in [0.3, 0.4) is 0 Å². The maximum Gasteiger partial charge on any atom is 0.303 e. The van der Waals surface area contributed by atoms with Crippen molar-refractivity contribution in [1.29, 1.82) is 0 Å². The molecule has 0 fully saturated rings. The molecule has 0 aliphatic carbocycles. The van der Waals surface area contributed by atoms with Crippen molar-refractivity contribution >= 4 is 49.2 Å². The Morgan fingerprint density at radius 2 is 1.52 bits per heavy atom. The number of rotatable bonds is 18. The van der Waals surface area contributed by atoms with E-state index in [4.69, 9.17) is 14.6 Å². The minimum absolute atomic E-state index is 0.0740. The number of carbonyl (C=O) groups is 2. The lowest BCUT2D eigenvalue weighted by molar-refractivity contribution is -0.438. The minimum Gasteiger partial charge on any atom is -0.507 e. The largest absolute Gasteiger partial charge is 0.507 e. The van der Waals surface area contributed by atoms with Gasteiger partial charge in [0.05, 0.1) is 28.4 Å². The third kappa shape index (κ3) is 10.1. The van der Waals surface area contributed by atoms with E-state index in [0.717, 1.165) is 50.6 Å². The van der Waals surface area contributed by atoms with Crippen LogP contribution in [0.15, 0.2) is 82.3 Å². The molecule has 0 saturated heterocycles. The molecule has 1 unspecified atom stereocenters. The van der Waals surface area contributed by atoms with Gasteiger partial charge in [0.25, 0.3) is 26.1 Å². The lowest BCUT2D eigenvalue weighted by Gasteiger charge is -2.36. The SMILES string of the molecule is Cc1c(C)c2c(c(C)c1O)CCC(C)(C(=O)NCCOCCN1C(=CC=CC=CC3=[N+](CCCCCC(=O)O)c4ccc(S(=O)(=O)O)cc4C3(C)C)C(C)(C)c3cc(S(=O)(=O)O)ccc31)O2. The molecule has 0 bridgehead atoms. The van der Waals surface area contributed by atoms with E-state index in [1.54, 1.807) is 19.1 Å². The number of aliphatic carboxylic acids is 1. The van der Waals surface area contributed by atoms with Crippen molar-refractivity contribution < 1.29 is 59.8 Å². The van der Waals surface area contributed by atoms with Crippen LogP contribution in [-0.4, -0.2) is 96.8 Å². The van der Waals surface area contributed by atoms with E-state index in [-0.39, 0.29) is 47.6 Å². The average Bonchev–Trinajstić information content (AvgIpc) is 3.59. The number of carboxylic acid groups (broad SMARTS) is 1. The second kappa shape index (κ2) is 19.1. The first-order valence-electron chi connectivity index (χ1n) is 22.1. The third-order valence-corrected chi connectivity index (χ3v) is 15.0. The van der Waals surface area contributed by atoms with E-state index in [0.29, 0.717) is 56.5 Å². The molecule has 0 spiro atoms. The van der Waals surface area contributed by atoms with E-state index < -0.39 is 42.6 Å². The Morgan fingerprint density at radius 1 is 0.848 bits per heavy atom. The number of phenols is 1. The second-order valence-electron chi connectivity index (χ2n) is 18.5. The molecule has 3 aliphatic rings. The van der Waals surface area contributed by atoms with Gasteiger partial charge in [0.15, 0.2) is 11.3 Å². The fraction of sp³-hybridized carbons (Fsp3) is 0.449. The number of aromatic hydroxyl groups is 1. The van der Waals surface area contributed by atoms with E-state index in [1.807, 2.05) is 83.7 Å². The van der Waals surface area contributed by atoms with Crippen molar-refractivity contribution in [3.8, 4) is 11.5 Å². The van der Waals surface area contributed by atoms with Crippen molar-refractivity contribution in [3.63, 3.8) is 0 Å². The molecule has 66 heavy (non-hydrogen) atoms. The fourth-order valence-corrected chi connectivity index (χ4v) is 10.3. The monoisotopic (exact) mass is 948 g/mol. The number of hydrogen-bond acceptors (Lipinski definition) is 10. The Bertz CT molecular complexity index is 2790. The standard InChI is InChI=1S/C49H61N3O12S2/c1-31-32(2)45-36(33(3)44(31)55)22-23-49(8,64-45)46(56)50-24-27-63-28-26-52-40-21-19-35(66(60,61)62)30-38(40)48(6,7)42(52)16-12-9-11-15-41-47(4,5)37-29-34(65(57,58)59)18-20-39(37)51(41)25-14-10-13-17-43(53)54/h9,11-12,15-16,18-21,29-30H,10,13-14,17,22-28H2,1-8H3,(H4-,50,53,54,55,56,57,58,59,60,61,62)/p+1. The number of nitrogens with zero attached hydrogens (tertiary/aromatic N) is 2. The van der Waals surface area contributed by atoms with Gasteiger partial charge in [0.2, 0.25) is 5.69 Å². The Labute approximate surface area is 388 Å². The number of allylic oxidation sites excluding steroid dienone is 6. The van der Waals surface area contributed by atoms with Crippen LogP contribution in [0, 0.1) is 20.8 Å². The van der Waals surface area contributed by atoms with Gasteiger partial charge in [-0.25, -0.2) is 0 Å². The van der Waals surface area contributed by atoms with Crippen molar-refractivity contribution in [3.05, 3.63) is 106 Å². The number of carbonyl (C=O) groups excluding carboxylic acids is 1. The highest BCUT2D eigenvalue weighted by Crippen LogP contribution is 2.49. The summed E-state index contributed by atoms with van der Waals surface area (Å²) in [5, 5.41) is 22.6. The van der Waals surface area contributed by atoms with E-state index in [1.165, 1.54) is 24.3 Å². The molecular formula is C49H62N3O12S2+. The van der Waals surface area contributed by atoms with E-state index >= 15 is 0 Å². The van der Waals surface area contributed by atoms with Gasteiger partial charge in [-0.3, -0.25) is 18.7 Å². The summed E-state index contributed by atoms with van der Waals surface area (Å²) in [5.41, 5.74) is 5.45. The number of hydrogen-bond donors (Lipinski definition) is 5. The zero-order chi connectivity index (χ0) is 48.6. The van der Waals surface area contributed by atoms with Crippen LogP contribution in [0.5, 0.6) is 11.5 Å². The molecule has 0 aromatic heterocycles. The predicted molar refractivity (Wildman–Crippen MR) is 252 cm³/mol. The summed E-state index contributed by atoms with van der Waals surface area (Å²) in [7, 11) is -8.93. The Balaban J connectivity index is 1.17. The molecule has 1 atom stereocenters. The smallest absolute Gasteiger partial charge is 0.303 e. The van der Waals surface area contributed by atoms with Crippen molar-refractivity contribution in [2.45, 2.75) is 120 Å². The summed E-state index contributed by atoms with van der Waals surface area (Å²) < 4.78 is 82.8. The van der Waals surface area contributed by atoms with Gasteiger partial charge in [-0.1, -0.05) is 32.1 Å². The van der Waals surface area contributed by atoms with Gasteiger partial charge in [0.1, 0.15) is 18.0 Å². The fourth-order valence-electron chi connectivity index (χ4n) is 9.28. The molecule has 1 amide bonds. The van der Waals surface area contributed by atoms with Crippen LogP contribution in [-0.2, 0) is 51.8 Å². The molecule has 15 nitrogen and oxygen atoms in total. The molecule has 3 aliphatic heterocycles. The molecule has 0 radical (unpaired) electrons. The Morgan fingerprint density at radius 3 is 2.18 bits per heavy atom. The number of ether oxygens (including phenoxy) is 2. The van der Waals surface area contributed by atoms with Crippen LogP contribution in [0.1, 0.15) is 100 Å². The molecule has 3 heterocycles. The number of amides is 1. The summed E-state index contributed by atoms with van der Waals surface area (Å²) in [5.74, 6) is -0.220. The number of unbranched alkanes of at least 4 members (excludes halogenated alkanes) is 2. The summed E-state index contributed by atoms with van der Waals surface area (Å²) in [6.07, 6.45) is 12.5. The molecular weight excluding hydrogens is 887 g/mol. The first-order valence-corrected chi connectivity index (χ1v) is 25.0. The van der Waals surface area contributed by atoms with Crippen molar-refractivity contribution in [1.82, 2.24) is 5.32 Å². The second-order valence-corrected chi connectivity index (χ2v) is 21.3. The first kappa shape index (κ1) is 50.1. The van der Waals surface area contributed by atoms with Crippen LogP contribution in [0.25, 0.3) is 0 Å². The molecule has 5 N–H and O–H groups in total. The quantitative estimate of drug-likeness (QED) is 0.0361. The van der Waals surface area contributed by atoms with Gasteiger partial charge in [-0.2, -0.15) is 21.4 Å². The predicted octanol–water partition coefficient (Wildman–Crippen LogP) is 7.54. The molecule has 3 aromatic rings. The van der Waals surface area contributed by atoms with Crippen LogP contribution in [0.2, 0.25) is 0 Å². The van der Waals surface area contributed by atoms with E-state index in [9.17, 15) is 40.6 Å². The maximum atomic E-state index is 13.4. The van der Waals surface area contributed by atoms with Crippen molar-refractivity contribution in [2.24, 2.45) is 0 Å². The van der Waals surface area contributed by atoms with Gasteiger partial charge < -0.3 is 29.9 Å². The lowest BCUT2D eigenvalue weighted by Crippen LogP contribution is -2.51. The lowest BCUT2D eigenvalue weighted by atomic mass is 9.81. The minimum atomic E-state index is -4.48. The topological polar surface area (TPSA) is 220 Å². The molecule has 17 heteroatoms. The van der Waals surface area contributed by atoms with Gasteiger partial charge >= 0.3 is 5.97 Å². The van der Waals surface area contributed by atoms with Gasteiger partial charge in [-0.15, -0.1) is 0 Å². The summed E-state index contributed by atoms with van der Waals surface area (Å²) in [6, 6.07) is 9.07. The first-order chi connectivity index (χ1) is 30.8. The maximum absolute atomic E-state index is 13.4. The highest BCUT2D eigenvalue weighted by atomic mass is 32.2. The van der Waals surface area contributed by atoms with Crippen LogP contribution in [0.4, 0.5) is 11.4 Å². The van der Waals surface area contributed by atoms with E-state index in [2.05, 4.69) is 9.89 Å². The summed E-state index contributed by atoms with van der Waals surface area (Å²) in [6.45, 7) is 16.9. The molecule has 3 aromatic carbocycles. The zero-order valence-electron chi connectivity index (χ0n) is 38.9. The summed E-state index contributed by atoms with van der Waals surface area (Å²) >= 11 is 0. The highest BCUT2D eigenvalue weighted by molar-refractivity contribution is 7.86. The number of benzene rings is 3.